The van der Waals surface area contributed by atoms with E-state index in [-0.39, 0.29) is 12.2 Å². The molecule has 1 aromatic rings. The van der Waals surface area contributed by atoms with Gasteiger partial charge in [-0.1, -0.05) is 6.07 Å². The third-order valence-electron chi connectivity index (χ3n) is 3.55. The molecule has 100 valence electrons. The number of hydrogen-bond acceptors (Lipinski definition) is 3. The van der Waals surface area contributed by atoms with Gasteiger partial charge in [0.25, 0.3) is 6.43 Å². The number of aromatic hydroxyl groups is 1. The van der Waals surface area contributed by atoms with Crippen LogP contribution in [0.4, 0.5) is 14.5 Å². The van der Waals surface area contributed by atoms with Crippen molar-refractivity contribution in [3.8, 4) is 5.75 Å². The largest absolute Gasteiger partial charge is 0.508 e. The summed E-state index contributed by atoms with van der Waals surface area (Å²) < 4.78 is 25.8. The number of alkyl halides is 2. The predicted octanol–water partition coefficient (Wildman–Crippen LogP) is 2.35. The van der Waals surface area contributed by atoms with Crippen molar-refractivity contribution in [3.63, 3.8) is 0 Å². The first-order valence-electron chi connectivity index (χ1n) is 6.12. The Labute approximate surface area is 105 Å². The van der Waals surface area contributed by atoms with Crippen LogP contribution in [0.1, 0.15) is 19.3 Å². The van der Waals surface area contributed by atoms with Gasteiger partial charge < -0.3 is 15.7 Å². The van der Waals surface area contributed by atoms with Crippen molar-refractivity contribution in [1.29, 1.82) is 0 Å². The second-order valence-corrected chi connectivity index (χ2v) is 4.89. The number of nitrogens with two attached hydrogens (primary N) is 1. The zero-order valence-corrected chi connectivity index (χ0v) is 10.1. The molecule has 3 nitrogen and oxygen atoms in total. The summed E-state index contributed by atoms with van der Waals surface area (Å²) in [5, 5.41) is 9.43. The molecular formula is C13H18F2N2O. The van der Waals surface area contributed by atoms with E-state index in [0.717, 1.165) is 5.69 Å². The number of benzene rings is 1. The predicted molar refractivity (Wildman–Crippen MR) is 67.1 cm³/mol. The van der Waals surface area contributed by atoms with Gasteiger partial charge in [-0.25, -0.2) is 8.78 Å². The molecule has 0 aromatic heterocycles. The highest BCUT2D eigenvalue weighted by atomic mass is 19.3. The number of hydrogen-bond donors (Lipinski definition) is 2. The Morgan fingerprint density at radius 2 is 2.06 bits per heavy atom. The van der Waals surface area contributed by atoms with Crippen LogP contribution in [0.3, 0.4) is 0 Å². The molecule has 1 aromatic carbocycles. The maximum Gasteiger partial charge on any atom is 0.256 e. The Morgan fingerprint density at radius 1 is 1.28 bits per heavy atom. The molecule has 1 aliphatic heterocycles. The van der Waals surface area contributed by atoms with Crippen molar-refractivity contribution >= 4 is 5.69 Å². The van der Waals surface area contributed by atoms with Gasteiger partial charge in [0.15, 0.2) is 0 Å². The number of phenols is 1. The molecule has 5 heteroatoms. The van der Waals surface area contributed by atoms with Crippen molar-refractivity contribution in [2.24, 2.45) is 5.73 Å². The molecule has 1 unspecified atom stereocenters. The van der Waals surface area contributed by atoms with Gasteiger partial charge in [-0.3, -0.25) is 0 Å². The van der Waals surface area contributed by atoms with Crippen molar-refractivity contribution in [1.82, 2.24) is 0 Å². The summed E-state index contributed by atoms with van der Waals surface area (Å²) in [6.45, 7) is 1.18. The maximum absolute atomic E-state index is 12.9. The van der Waals surface area contributed by atoms with Gasteiger partial charge in [0.05, 0.1) is 5.54 Å². The third kappa shape index (κ3) is 2.72. The maximum atomic E-state index is 12.9. The third-order valence-corrected chi connectivity index (χ3v) is 3.55. The minimum absolute atomic E-state index is 0.185. The highest BCUT2D eigenvalue weighted by molar-refractivity contribution is 5.50. The van der Waals surface area contributed by atoms with Gasteiger partial charge >= 0.3 is 0 Å². The van der Waals surface area contributed by atoms with E-state index in [1.807, 2.05) is 11.0 Å². The molecule has 0 bridgehead atoms. The van der Waals surface area contributed by atoms with Gasteiger partial charge in [0, 0.05) is 24.8 Å². The molecule has 1 atom stereocenters. The molecule has 0 spiro atoms. The van der Waals surface area contributed by atoms with Crippen LogP contribution in [-0.4, -0.2) is 30.2 Å². The molecule has 0 amide bonds. The van der Waals surface area contributed by atoms with Crippen LogP contribution >= 0.6 is 0 Å². The van der Waals surface area contributed by atoms with Crippen molar-refractivity contribution in [2.45, 2.75) is 31.2 Å². The van der Waals surface area contributed by atoms with Crippen LogP contribution in [0.15, 0.2) is 24.3 Å². The van der Waals surface area contributed by atoms with Crippen LogP contribution < -0.4 is 10.6 Å². The molecule has 18 heavy (non-hydrogen) atoms. The summed E-state index contributed by atoms with van der Waals surface area (Å²) in [7, 11) is 0. The van der Waals surface area contributed by atoms with E-state index in [2.05, 4.69) is 0 Å². The molecule has 1 heterocycles. The fourth-order valence-electron chi connectivity index (χ4n) is 2.35. The standard InChI is InChI=1S/C13H18F2N2O/c14-12(15)13(16)5-2-7-17(8-6-13)10-3-1-4-11(18)9-10/h1,3-4,9,12,18H,2,5-8,16H2. The second kappa shape index (κ2) is 5.10. The van der Waals surface area contributed by atoms with Crippen molar-refractivity contribution in [2.75, 3.05) is 18.0 Å². The Bertz CT molecular complexity index is 414. The summed E-state index contributed by atoms with van der Waals surface area (Å²) in [5.41, 5.74) is 5.23. The average Bonchev–Trinajstić information content (AvgIpc) is 2.52. The van der Waals surface area contributed by atoms with Gasteiger partial charge in [-0.2, -0.15) is 0 Å². The van der Waals surface area contributed by atoms with Crippen LogP contribution in [0.5, 0.6) is 5.75 Å². The topological polar surface area (TPSA) is 49.5 Å². The lowest BCUT2D eigenvalue weighted by atomic mass is 9.92. The van der Waals surface area contributed by atoms with Crippen LogP contribution in [0.2, 0.25) is 0 Å². The SMILES string of the molecule is NC1(C(F)F)CCCN(c2cccc(O)c2)CC1. The molecule has 1 fully saturated rings. The van der Waals surface area contributed by atoms with E-state index in [9.17, 15) is 13.9 Å². The number of anilines is 1. The lowest BCUT2D eigenvalue weighted by Gasteiger charge is -2.27. The van der Waals surface area contributed by atoms with E-state index < -0.39 is 12.0 Å². The summed E-state index contributed by atoms with van der Waals surface area (Å²) in [4.78, 5) is 2.00. The summed E-state index contributed by atoms with van der Waals surface area (Å²) >= 11 is 0. The van der Waals surface area contributed by atoms with Crippen LogP contribution in [0.25, 0.3) is 0 Å². The smallest absolute Gasteiger partial charge is 0.256 e. The Balaban J connectivity index is 2.10. The fourth-order valence-corrected chi connectivity index (χ4v) is 2.35. The highest BCUT2D eigenvalue weighted by Gasteiger charge is 2.37. The lowest BCUT2D eigenvalue weighted by molar-refractivity contribution is 0.0466. The summed E-state index contributed by atoms with van der Waals surface area (Å²) in [6.07, 6.45) is -1.25. The molecule has 0 radical (unpaired) electrons. The Kier molecular flexibility index (Phi) is 3.71. The number of halogens is 2. The van der Waals surface area contributed by atoms with E-state index in [1.165, 1.54) is 0 Å². The first-order valence-corrected chi connectivity index (χ1v) is 6.12. The number of nitrogens with zero attached hydrogens (tertiary/aromatic N) is 1. The number of rotatable bonds is 2. The van der Waals surface area contributed by atoms with E-state index in [1.54, 1.807) is 18.2 Å². The van der Waals surface area contributed by atoms with E-state index in [0.29, 0.717) is 25.9 Å². The second-order valence-electron chi connectivity index (χ2n) is 4.89. The quantitative estimate of drug-likeness (QED) is 0.854. The minimum atomic E-state index is -2.48. The fraction of sp³-hybridized carbons (Fsp3) is 0.538. The van der Waals surface area contributed by atoms with Crippen molar-refractivity contribution in [3.05, 3.63) is 24.3 Å². The number of phenolic OH excluding ortho intramolecular Hbond substituents is 1. The van der Waals surface area contributed by atoms with Gasteiger partial charge in [-0.15, -0.1) is 0 Å². The molecule has 1 saturated heterocycles. The van der Waals surface area contributed by atoms with Crippen LogP contribution in [0, 0.1) is 0 Å². The zero-order chi connectivity index (χ0) is 13.2. The van der Waals surface area contributed by atoms with Gasteiger partial charge in [0.2, 0.25) is 0 Å². The molecular weight excluding hydrogens is 238 g/mol. The minimum Gasteiger partial charge on any atom is -0.508 e. The Morgan fingerprint density at radius 3 is 2.72 bits per heavy atom. The molecule has 2 rings (SSSR count). The van der Waals surface area contributed by atoms with E-state index in [4.69, 9.17) is 5.73 Å². The first-order chi connectivity index (χ1) is 8.51. The monoisotopic (exact) mass is 256 g/mol. The summed E-state index contributed by atoms with van der Waals surface area (Å²) in [5.74, 6) is 0.185. The molecule has 0 aliphatic carbocycles. The van der Waals surface area contributed by atoms with Gasteiger partial charge in [-0.05, 0) is 31.4 Å². The van der Waals surface area contributed by atoms with Crippen LogP contribution in [-0.2, 0) is 0 Å². The molecule has 1 aliphatic rings. The van der Waals surface area contributed by atoms with E-state index >= 15 is 0 Å². The summed E-state index contributed by atoms with van der Waals surface area (Å²) in [6, 6.07) is 6.85. The van der Waals surface area contributed by atoms with Crippen molar-refractivity contribution < 1.29 is 13.9 Å². The van der Waals surface area contributed by atoms with Gasteiger partial charge in [0.1, 0.15) is 5.75 Å². The lowest BCUT2D eigenvalue weighted by Crippen LogP contribution is -2.47. The highest BCUT2D eigenvalue weighted by Crippen LogP contribution is 2.29. The normalized spacial score (nSPS) is 25.2. The molecule has 0 saturated carbocycles. The first kappa shape index (κ1) is 13.1. The Hall–Kier alpha value is -1.36. The molecule has 3 N–H and O–H groups in total. The zero-order valence-electron chi connectivity index (χ0n) is 10.1. The average molecular weight is 256 g/mol.